The summed E-state index contributed by atoms with van der Waals surface area (Å²) in [6.07, 6.45) is 0.994. The lowest BCUT2D eigenvalue weighted by Crippen LogP contribution is -2.54. The Morgan fingerprint density at radius 3 is 2.82 bits per heavy atom. The first-order valence-corrected chi connectivity index (χ1v) is 6.35. The van der Waals surface area contributed by atoms with Gasteiger partial charge in [0.05, 0.1) is 13.2 Å². The number of rotatable bonds is 6. The summed E-state index contributed by atoms with van der Waals surface area (Å²) in [5, 5.41) is 12.3. The van der Waals surface area contributed by atoms with Crippen molar-refractivity contribution in [1.29, 1.82) is 0 Å². The van der Waals surface area contributed by atoms with E-state index in [9.17, 15) is 9.90 Å². The summed E-state index contributed by atoms with van der Waals surface area (Å²) in [5.41, 5.74) is 0. The molecule has 0 radical (unpaired) electrons. The van der Waals surface area contributed by atoms with Crippen molar-refractivity contribution in [1.82, 2.24) is 10.2 Å². The smallest absolute Gasteiger partial charge is 0.322 e. The van der Waals surface area contributed by atoms with Crippen LogP contribution >= 0.6 is 0 Å². The zero-order valence-electron chi connectivity index (χ0n) is 11.0. The molecule has 1 saturated heterocycles. The molecular formula is C12H24N2O3. The zero-order valence-corrected chi connectivity index (χ0v) is 11.0. The number of carboxylic acids is 1. The van der Waals surface area contributed by atoms with Gasteiger partial charge in [0, 0.05) is 25.2 Å². The van der Waals surface area contributed by atoms with Gasteiger partial charge in [-0.3, -0.25) is 9.69 Å². The Morgan fingerprint density at radius 1 is 1.59 bits per heavy atom. The van der Waals surface area contributed by atoms with E-state index >= 15 is 0 Å². The summed E-state index contributed by atoms with van der Waals surface area (Å²) in [6.45, 7) is 8.82. The maximum Gasteiger partial charge on any atom is 0.322 e. The average Bonchev–Trinajstić information content (AvgIpc) is 2.28. The first-order chi connectivity index (χ1) is 8.04. The van der Waals surface area contributed by atoms with Gasteiger partial charge in [0.2, 0.25) is 0 Å². The van der Waals surface area contributed by atoms with E-state index in [2.05, 4.69) is 17.1 Å². The highest BCUT2D eigenvalue weighted by atomic mass is 16.5. The number of carboxylic acid groups (broad SMARTS) is 1. The third kappa shape index (κ3) is 4.61. The normalized spacial score (nSPS) is 23.9. The Kier molecular flexibility index (Phi) is 5.88. The van der Waals surface area contributed by atoms with Crippen molar-refractivity contribution in [3.05, 3.63) is 0 Å². The molecule has 5 heteroatoms. The second kappa shape index (κ2) is 6.93. The molecule has 5 nitrogen and oxygen atoms in total. The fraction of sp³-hybridized carbons (Fsp3) is 0.917. The van der Waals surface area contributed by atoms with Gasteiger partial charge in [-0.2, -0.15) is 0 Å². The summed E-state index contributed by atoms with van der Waals surface area (Å²) in [6, 6.07) is 0.0268. The van der Waals surface area contributed by atoms with Gasteiger partial charge in [0.15, 0.2) is 0 Å². The Morgan fingerprint density at radius 2 is 2.29 bits per heavy atom. The summed E-state index contributed by atoms with van der Waals surface area (Å²) in [4.78, 5) is 13.4. The Hall–Kier alpha value is -0.650. The molecule has 1 heterocycles. The van der Waals surface area contributed by atoms with Crippen LogP contribution < -0.4 is 5.32 Å². The van der Waals surface area contributed by atoms with Gasteiger partial charge in [-0.15, -0.1) is 0 Å². The third-order valence-electron chi connectivity index (χ3n) is 3.07. The van der Waals surface area contributed by atoms with E-state index in [0.29, 0.717) is 25.8 Å². The maximum atomic E-state index is 11.2. The molecule has 0 amide bonds. The number of nitrogens with zero attached hydrogens (tertiary/aromatic N) is 1. The van der Waals surface area contributed by atoms with Gasteiger partial charge in [-0.25, -0.2) is 0 Å². The molecule has 0 aromatic rings. The van der Waals surface area contributed by atoms with E-state index < -0.39 is 12.0 Å². The van der Waals surface area contributed by atoms with Gasteiger partial charge in [-0.05, 0) is 6.42 Å². The summed E-state index contributed by atoms with van der Waals surface area (Å²) in [5.74, 6) is -0.778. The molecule has 0 aromatic heterocycles. The molecule has 2 atom stereocenters. The van der Waals surface area contributed by atoms with Gasteiger partial charge in [-0.1, -0.05) is 20.8 Å². The van der Waals surface area contributed by atoms with Crippen LogP contribution in [0.25, 0.3) is 0 Å². The van der Waals surface area contributed by atoms with Crippen LogP contribution in [-0.4, -0.2) is 60.4 Å². The highest BCUT2D eigenvalue weighted by Gasteiger charge is 2.27. The van der Waals surface area contributed by atoms with Gasteiger partial charge in [0.1, 0.15) is 6.04 Å². The number of aliphatic carboxylic acids is 1. The topological polar surface area (TPSA) is 61.8 Å². The highest BCUT2D eigenvalue weighted by Crippen LogP contribution is 2.11. The molecule has 2 unspecified atom stereocenters. The minimum atomic E-state index is -0.778. The van der Waals surface area contributed by atoms with E-state index in [1.165, 1.54) is 0 Å². The molecule has 17 heavy (non-hydrogen) atoms. The predicted molar refractivity (Wildman–Crippen MR) is 66.2 cm³/mol. The highest BCUT2D eigenvalue weighted by molar-refractivity contribution is 5.73. The molecule has 2 N–H and O–H groups in total. The van der Waals surface area contributed by atoms with E-state index in [4.69, 9.17) is 4.74 Å². The molecule has 0 saturated carbocycles. The Bertz CT molecular complexity index is 246. The Balaban J connectivity index is 2.54. The van der Waals surface area contributed by atoms with Gasteiger partial charge in [0.25, 0.3) is 0 Å². The Labute approximate surface area is 103 Å². The van der Waals surface area contributed by atoms with Crippen LogP contribution in [0.3, 0.4) is 0 Å². The van der Waals surface area contributed by atoms with Crippen molar-refractivity contribution in [2.75, 3.05) is 26.3 Å². The van der Waals surface area contributed by atoms with Crippen LogP contribution in [0.1, 0.15) is 27.2 Å². The van der Waals surface area contributed by atoms with Crippen molar-refractivity contribution >= 4 is 5.97 Å². The van der Waals surface area contributed by atoms with E-state index in [0.717, 1.165) is 13.0 Å². The van der Waals surface area contributed by atoms with Crippen LogP contribution in [0, 0.1) is 0 Å². The first-order valence-electron chi connectivity index (χ1n) is 6.35. The summed E-state index contributed by atoms with van der Waals surface area (Å²) < 4.78 is 5.42. The molecule has 1 fully saturated rings. The number of nitrogens with one attached hydrogen (secondary N) is 1. The number of hydrogen-bond acceptors (Lipinski definition) is 4. The number of morpholine rings is 1. The molecule has 100 valence electrons. The molecule has 0 aromatic carbocycles. The summed E-state index contributed by atoms with van der Waals surface area (Å²) in [7, 11) is 0. The lowest BCUT2D eigenvalue weighted by molar-refractivity contribution is -0.141. The fourth-order valence-corrected chi connectivity index (χ4v) is 2.14. The second-order valence-corrected chi connectivity index (χ2v) is 4.84. The molecule has 1 aliphatic rings. The standard InChI is InChI=1S/C12H24N2O3/c1-4-10-8-17-6-5-14(10)7-11(12(15)16)13-9(2)3/h9-11,13H,4-8H2,1-3H3,(H,15,16). The number of hydrogen-bond donors (Lipinski definition) is 2. The average molecular weight is 244 g/mol. The SMILES string of the molecule is CCC1COCCN1CC(NC(C)C)C(=O)O. The predicted octanol–water partition coefficient (Wildman–Crippen LogP) is 0.548. The van der Waals surface area contributed by atoms with Crippen molar-refractivity contribution < 1.29 is 14.6 Å². The number of carbonyl (C=O) groups is 1. The molecule has 0 aliphatic carbocycles. The minimum Gasteiger partial charge on any atom is -0.480 e. The lowest BCUT2D eigenvalue weighted by atomic mass is 10.1. The quantitative estimate of drug-likeness (QED) is 0.714. The molecule has 1 rings (SSSR count). The van der Waals surface area contributed by atoms with Crippen molar-refractivity contribution in [3.8, 4) is 0 Å². The minimum absolute atomic E-state index is 0.178. The van der Waals surface area contributed by atoms with Crippen LogP contribution in [0.2, 0.25) is 0 Å². The van der Waals surface area contributed by atoms with Crippen molar-refractivity contribution in [2.45, 2.75) is 45.3 Å². The largest absolute Gasteiger partial charge is 0.480 e. The molecular weight excluding hydrogens is 220 g/mol. The lowest BCUT2D eigenvalue weighted by Gasteiger charge is -2.36. The van der Waals surface area contributed by atoms with E-state index in [1.807, 2.05) is 13.8 Å². The number of ether oxygens (including phenoxy) is 1. The van der Waals surface area contributed by atoms with Crippen LogP contribution in [-0.2, 0) is 9.53 Å². The van der Waals surface area contributed by atoms with Crippen LogP contribution in [0.5, 0.6) is 0 Å². The maximum absolute atomic E-state index is 11.2. The van der Waals surface area contributed by atoms with Gasteiger partial charge < -0.3 is 15.2 Å². The molecule has 0 bridgehead atoms. The summed E-state index contributed by atoms with van der Waals surface area (Å²) >= 11 is 0. The first kappa shape index (κ1) is 14.4. The fourth-order valence-electron chi connectivity index (χ4n) is 2.14. The van der Waals surface area contributed by atoms with Crippen LogP contribution in [0.4, 0.5) is 0 Å². The van der Waals surface area contributed by atoms with Gasteiger partial charge >= 0.3 is 5.97 Å². The van der Waals surface area contributed by atoms with E-state index in [1.54, 1.807) is 0 Å². The second-order valence-electron chi connectivity index (χ2n) is 4.84. The van der Waals surface area contributed by atoms with E-state index in [-0.39, 0.29) is 6.04 Å². The zero-order chi connectivity index (χ0) is 12.8. The van der Waals surface area contributed by atoms with Crippen LogP contribution in [0.15, 0.2) is 0 Å². The third-order valence-corrected chi connectivity index (χ3v) is 3.07. The van der Waals surface area contributed by atoms with Crippen molar-refractivity contribution in [3.63, 3.8) is 0 Å². The van der Waals surface area contributed by atoms with Crippen molar-refractivity contribution in [2.24, 2.45) is 0 Å². The molecule has 0 spiro atoms. The molecule has 1 aliphatic heterocycles. The monoisotopic (exact) mass is 244 g/mol.